The van der Waals surface area contributed by atoms with Gasteiger partial charge in [0.25, 0.3) is 0 Å². The van der Waals surface area contributed by atoms with Gasteiger partial charge < -0.3 is 5.32 Å². The van der Waals surface area contributed by atoms with E-state index in [1.54, 1.807) is 0 Å². The van der Waals surface area contributed by atoms with E-state index in [9.17, 15) is 0 Å². The summed E-state index contributed by atoms with van der Waals surface area (Å²) < 4.78 is 0. The molecule has 2 aromatic rings. The van der Waals surface area contributed by atoms with Gasteiger partial charge in [0.15, 0.2) is 0 Å². The van der Waals surface area contributed by atoms with Gasteiger partial charge in [0.05, 0.1) is 6.04 Å². The zero-order chi connectivity index (χ0) is 12.9. The molecule has 4 heteroatoms. The Balaban J connectivity index is 1.66. The molecule has 3 rings (SSSR count). The molecular weight excluding hydrogens is 290 g/mol. The Morgan fingerprint density at radius 2 is 1.84 bits per heavy atom. The molecule has 0 spiro atoms. The van der Waals surface area contributed by atoms with Crippen molar-refractivity contribution in [1.82, 2.24) is 5.32 Å². The van der Waals surface area contributed by atoms with E-state index in [4.69, 9.17) is 0 Å². The number of nitrogens with one attached hydrogen (secondary N) is 1. The molecule has 1 fully saturated rings. The van der Waals surface area contributed by atoms with E-state index in [0.717, 1.165) is 11.8 Å². The Morgan fingerprint density at radius 1 is 1.11 bits per heavy atom. The molecule has 1 unspecified atom stereocenters. The van der Waals surface area contributed by atoms with Crippen molar-refractivity contribution in [2.24, 2.45) is 0 Å². The van der Waals surface area contributed by atoms with E-state index in [-0.39, 0.29) is 0 Å². The second-order valence-electron chi connectivity index (χ2n) is 4.86. The van der Waals surface area contributed by atoms with Gasteiger partial charge in [-0.25, -0.2) is 0 Å². The minimum absolute atomic E-state index is 0.391. The summed E-state index contributed by atoms with van der Waals surface area (Å²) in [6, 6.07) is 9.18. The topological polar surface area (TPSA) is 12.0 Å². The lowest BCUT2D eigenvalue weighted by atomic mass is 10.1. The first-order chi connectivity index (χ1) is 9.43. The Hall–Kier alpha value is -0.290. The summed E-state index contributed by atoms with van der Waals surface area (Å²) in [5.74, 6) is 1.34. The van der Waals surface area contributed by atoms with Gasteiger partial charge in [-0.1, -0.05) is 18.6 Å². The summed E-state index contributed by atoms with van der Waals surface area (Å²) in [6.07, 6.45) is 4.18. The van der Waals surface area contributed by atoms with Crippen LogP contribution in [0.25, 0.3) is 0 Å². The van der Waals surface area contributed by atoms with Crippen molar-refractivity contribution >= 4 is 34.4 Å². The molecule has 1 N–H and O–H groups in total. The van der Waals surface area contributed by atoms with Crippen LogP contribution < -0.4 is 5.32 Å². The van der Waals surface area contributed by atoms with E-state index < -0.39 is 0 Å². The number of hydrogen-bond acceptors (Lipinski definition) is 4. The zero-order valence-electron chi connectivity index (χ0n) is 10.9. The first-order valence-corrected chi connectivity index (χ1v) is 9.66. The van der Waals surface area contributed by atoms with E-state index in [2.05, 4.69) is 52.1 Å². The van der Waals surface area contributed by atoms with E-state index in [0.29, 0.717) is 6.04 Å². The highest BCUT2D eigenvalue weighted by Gasteiger charge is 2.19. The fourth-order valence-electron chi connectivity index (χ4n) is 2.47. The Bertz CT molecular complexity index is 423. The van der Waals surface area contributed by atoms with Gasteiger partial charge in [-0.3, -0.25) is 0 Å². The highest BCUT2D eigenvalue weighted by Crippen LogP contribution is 2.30. The predicted octanol–water partition coefficient (Wildman–Crippen LogP) is 4.77. The smallest absolute Gasteiger partial charge is 0.0765 e. The standard InChI is InChI=1S/C15H19NS3/c1-2-8-17-12(5-1)11-16-15(13-6-3-9-18-13)14-7-4-10-19-14/h3-4,6-7,9-10,12,15-16H,1-2,5,8,11H2. The second-order valence-corrected chi connectivity index (χ2v) is 8.23. The van der Waals surface area contributed by atoms with Gasteiger partial charge >= 0.3 is 0 Å². The maximum absolute atomic E-state index is 3.79. The van der Waals surface area contributed by atoms with Crippen molar-refractivity contribution in [1.29, 1.82) is 0 Å². The van der Waals surface area contributed by atoms with Crippen molar-refractivity contribution in [3.8, 4) is 0 Å². The van der Waals surface area contributed by atoms with Gasteiger partial charge in [0, 0.05) is 21.5 Å². The summed E-state index contributed by atoms with van der Waals surface area (Å²) in [5, 5.41) is 8.94. The van der Waals surface area contributed by atoms with Crippen molar-refractivity contribution in [3.63, 3.8) is 0 Å². The molecule has 1 aliphatic rings. The zero-order valence-corrected chi connectivity index (χ0v) is 13.3. The lowest BCUT2D eigenvalue weighted by Crippen LogP contribution is -2.30. The fraction of sp³-hybridized carbons (Fsp3) is 0.467. The number of thiophene rings is 2. The van der Waals surface area contributed by atoms with Crippen molar-refractivity contribution < 1.29 is 0 Å². The maximum atomic E-state index is 3.79. The molecule has 1 aliphatic heterocycles. The SMILES string of the molecule is c1csc(C(NCC2CCCCS2)c2cccs2)c1. The summed E-state index contributed by atoms with van der Waals surface area (Å²) in [7, 11) is 0. The lowest BCUT2D eigenvalue weighted by molar-refractivity contribution is 0.566. The van der Waals surface area contributed by atoms with E-state index >= 15 is 0 Å². The Kier molecular flexibility index (Phi) is 4.99. The van der Waals surface area contributed by atoms with Crippen LogP contribution in [0.2, 0.25) is 0 Å². The van der Waals surface area contributed by atoms with Crippen LogP contribution in [-0.2, 0) is 0 Å². The molecule has 0 aliphatic carbocycles. The highest BCUT2D eigenvalue weighted by molar-refractivity contribution is 7.99. The third kappa shape index (κ3) is 3.63. The maximum Gasteiger partial charge on any atom is 0.0765 e. The Morgan fingerprint density at radius 3 is 2.37 bits per heavy atom. The van der Waals surface area contributed by atoms with Crippen molar-refractivity contribution in [3.05, 3.63) is 44.8 Å². The van der Waals surface area contributed by atoms with Gasteiger partial charge in [-0.05, 0) is 41.5 Å². The van der Waals surface area contributed by atoms with Crippen LogP contribution in [-0.4, -0.2) is 17.5 Å². The van der Waals surface area contributed by atoms with Gasteiger partial charge in [-0.2, -0.15) is 11.8 Å². The van der Waals surface area contributed by atoms with Gasteiger partial charge in [0.1, 0.15) is 0 Å². The van der Waals surface area contributed by atoms with Gasteiger partial charge in [0.2, 0.25) is 0 Å². The van der Waals surface area contributed by atoms with Crippen LogP contribution in [0.3, 0.4) is 0 Å². The minimum Gasteiger partial charge on any atom is -0.304 e. The van der Waals surface area contributed by atoms with Crippen molar-refractivity contribution in [2.45, 2.75) is 30.6 Å². The highest BCUT2D eigenvalue weighted by atomic mass is 32.2. The largest absolute Gasteiger partial charge is 0.304 e. The first-order valence-electron chi connectivity index (χ1n) is 6.85. The summed E-state index contributed by atoms with van der Waals surface area (Å²) >= 11 is 5.85. The molecule has 1 nitrogen and oxygen atoms in total. The molecule has 2 aromatic heterocycles. The minimum atomic E-state index is 0.391. The average molecular weight is 310 g/mol. The molecule has 0 radical (unpaired) electrons. The monoisotopic (exact) mass is 309 g/mol. The summed E-state index contributed by atoms with van der Waals surface area (Å²) in [5.41, 5.74) is 0. The van der Waals surface area contributed by atoms with Crippen LogP contribution >= 0.6 is 34.4 Å². The molecule has 0 bridgehead atoms. The van der Waals surface area contributed by atoms with Crippen LogP contribution in [0.4, 0.5) is 0 Å². The first kappa shape index (κ1) is 13.7. The van der Waals surface area contributed by atoms with Crippen molar-refractivity contribution in [2.75, 3.05) is 12.3 Å². The van der Waals surface area contributed by atoms with E-state index in [1.807, 2.05) is 22.7 Å². The molecule has 19 heavy (non-hydrogen) atoms. The fourth-order valence-corrected chi connectivity index (χ4v) is 5.43. The number of rotatable bonds is 5. The normalized spacial score (nSPS) is 19.9. The molecular formula is C15H19NS3. The lowest BCUT2D eigenvalue weighted by Gasteiger charge is -2.24. The molecule has 0 aromatic carbocycles. The summed E-state index contributed by atoms with van der Waals surface area (Å²) in [4.78, 5) is 2.87. The third-order valence-electron chi connectivity index (χ3n) is 3.48. The van der Waals surface area contributed by atoms with Crippen LogP contribution in [0.15, 0.2) is 35.0 Å². The number of thioether (sulfide) groups is 1. The second kappa shape index (κ2) is 6.93. The molecule has 0 saturated carbocycles. The van der Waals surface area contributed by atoms with Crippen LogP contribution in [0, 0.1) is 0 Å². The molecule has 0 amide bonds. The molecule has 3 heterocycles. The van der Waals surface area contributed by atoms with Crippen LogP contribution in [0.1, 0.15) is 35.1 Å². The van der Waals surface area contributed by atoms with E-state index in [1.165, 1.54) is 34.8 Å². The quantitative estimate of drug-likeness (QED) is 0.853. The third-order valence-corrected chi connectivity index (χ3v) is 6.75. The predicted molar refractivity (Wildman–Crippen MR) is 88.6 cm³/mol. The molecule has 1 atom stereocenters. The number of hydrogen-bond donors (Lipinski definition) is 1. The molecule has 102 valence electrons. The average Bonchev–Trinajstić information content (AvgIpc) is 3.13. The van der Waals surface area contributed by atoms with Gasteiger partial charge in [-0.15, -0.1) is 22.7 Å². The molecule has 1 saturated heterocycles. The summed E-state index contributed by atoms with van der Waals surface area (Å²) in [6.45, 7) is 1.13. The Labute approximate surface area is 127 Å². The van der Waals surface area contributed by atoms with Crippen LogP contribution in [0.5, 0.6) is 0 Å².